The molecule has 0 aromatic heterocycles. The second kappa shape index (κ2) is 6.29. The third-order valence-corrected chi connectivity index (χ3v) is 3.82. The smallest absolute Gasteiger partial charge is 0.237 e. The first-order valence-corrected chi connectivity index (χ1v) is 7.16. The molecule has 0 saturated heterocycles. The summed E-state index contributed by atoms with van der Waals surface area (Å²) < 4.78 is 24.9. The van der Waals surface area contributed by atoms with Crippen LogP contribution >= 0.6 is 0 Å². The zero-order chi connectivity index (χ0) is 14.5. The fourth-order valence-corrected chi connectivity index (χ4v) is 2.53. The van der Waals surface area contributed by atoms with Gasteiger partial charge in [-0.3, -0.25) is 9.00 Å². The first kappa shape index (κ1) is 14.2. The lowest BCUT2D eigenvalue weighted by molar-refractivity contribution is -0.113. The van der Waals surface area contributed by atoms with Crippen molar-refractivity contribution in [2.24, 2.45) is 0 Å². The van der Waals surface area contributed by atoms with Crippen LogP contribution in [0.1, 0.15) is 0 Å². The Morgan fingerprint density at radius 3 is 2.55 bits per heavy atom. The van der Waals surface area contributed by atoms with Gasteiger partial charge in [-0.1, -0.05) is 6.07 Å². The molecular formula is C14H13FN2O2S. The summed E-state index contributed by atoms with van der Waals surface area (Å²) in [6.07, 6.45) is 0. The number of halogens is 1. The quantitative estimate of drug-likeness (QED) is 0.848. The lowest BCUT2D eigenvalue weighted by Gasteiger charge is -2.06. The Kier molecular flexibility index (Phi) is 4.47. The van der Waals surface area contributed by atoms with E-state index in [9.17, 15) is 13.4 Å². The van der Waals surface area contributed by atoms with Crippen molar-refractivity contribution in [2.45, 2.75) is 4.90 Å². The van der Waals surface area contributed by atoms with Crippen molar-refractivity contribution in [3.63, 3.8) is 0 Å². The zero-order valence-corrected chi connectivity index (χ0v) is 11.3. The Balaban J connectivity index is 1.97. The van der Waals surface area contributed by atoms with Crippen LogP contribution in [0, 0.1) is 5.82 Å². The van der Waals surface area contributed by atoms with Crippen LogP contribution in [-0.2, 0) is 15.6 Å². The zero-order valence-electron chi connectivity index (χ0n) is 10.5. The van der Waals surface area contributed by atoms with Gasteiger partial charge in [-0.15, -0.1) is 0 Å². The maximum atomic E-state index is 13.0. The van der Waals surface area contributed by atoms with Crippen molar-refractivity contribution < 1.29 is 13.4 Å². The van der Waals surface area contributed by atoms with E-state index in [2.05, 4.69) is 5.32 Å². The van der Waals surface area contributed by atoms with E-state index < -0.39 is 22.5 Å². The molecule has 104 valence electrons. The van der Waals surface area contributed by atoms with E-state index in [-0.39, 0.29) is 10.6 Å². The van der Waals surface area contributed by atoms with E-state index in [0.29, 0.717) is 11.4 Å². The van der Waals surface area contributed by atoms with Gasteiger partial charge in [-0.25, -0.2) is 4.39 Å². The second-order valence-corrected chi connectivity index (χ2v) is 5.57. The first-order chi connectivity index (χ1) is 9.54. The van der Waals surface area contributed by atoms with Crippen molar-refractivity contribution >= 4 is 28.1 Å². The molecule has 0 aliphatic rings. The molecule has 0 radical (unpaired) electrons. The summed E-state index contributed by atoms with van der Waals surface area (Å²) in [6, 6.07) is 12.0. The van der Waals surface area contributed by atoms with Crippen LogP contribution in [-0.4, -0.2) is 15.9 Å². The molecule has 1 unspecified atom stereocenters. The van der Waals surface area contributed by atoms with E-state index in [4.69, 9.17) is 5.73 Å². The molecule has 1 atom stereocenters. The number of amides is 1. The highest BCUT2D eigenvalue weighted by molar-refractivity contribution is 7.85. The molecule has 0 saturated carbocycles. The maximum Gasteiger partial charge on any atom is 0.237 e. The number of carbonyl (C=O) groups excluding carboxylic acids is 1. The minimum absolute atomic E-state index is 0.228. The number of nitrogens with one attached hydrogen (secondary N) is 1. The van der Waals surface area contributed by atoms with Crippen LogP contribution < -0.4 is 11.1 Å². The van der Waals surface area contributed by atoms with Gasteiger partial charge in [0.2, 0.25) is 5.91 Å². The SMILES string of the molecule is Nc1ccc(NC(=O)CS(=O)c2cccc(F)c2)cc1. The van der Waals surface area contributed by atoms with Crippen LogP contribution in [0.25, 0.3) is 0 Å². The monoisotopic (exact) mass is 292 g/mol. The summed E-state index contributed by atoms with van der Waals surface area (Å²) in [5.74, 6) is -1.11. The predicted octanol–water partition coefficient (Wildman–Crippen LogP) is 2.15. The van der Waals surface area contributed by atoms with E-state index in [1.54, 1.807) is 24.3 Å². The Morgan fingerprint density at radius 1 is 1.20 bits per heavy atom. The van der Waals surface area contributed by atoms with Crippen LogP contribution in [0.2, 0.25) is 0 Å². The molecule has 6 heteroatoms. The van der Waals surface area contributed by atoms with Gasteiger partial charge in [0.15, 0.2) is 0 Å². The first-order valence-electron chi connectivity index (χ1n) is 5.84. The summed E-state index contributed by atoms with van der Waals surface area (Å²) in [5, 5.41) is 2.60. The molecule has 0 fully saturated rings. The van der Waals surface area contributed by atoms with E-state index in [1.807, 2.05) is 0 Å². The number of benzene rings is 2. The molecular weight excluding hydrogens is 279 g/mol. The summed E-state index contributed by atoms with van der Waals surface area (Å²) in [7, 11) is -1.58. The molecule has 0 aliphatic heterocycles. The van der Waals surface area contributed by atoms with Gasteiger partial charge < -0.3 is 11.1 Å². The summed E-state index contributed by atoms with van der Waals surface area (Å²) in [5.41, 5.74) is 6.69. The number of carbonyl (C=O) groups is 1. The average molecular weight is 292 g/mol. The van der Waals surface area contributed by atoms with Crippen molar-refractivity contribution in [3.8, 4) is 0 Å². The van der Waals surface area contributed by atoms with Gasteiger partial charge in [0, 0.05) is 16.3 Å². The molecule has 4 nitrogen and oxygen atoms in total. The number of hydrogen-bond acceptors (Lipinski definition) is 3. The van der Waals surface area contributed by atoms with Gasteiger partial charge in [0.1, 0.15) is 11.6 Å². The Bertz CT molecular complexity index is 644. The fraction of sp³-hybridized carbons (Fsp3) is 0.0714. The minimum Gasteiger partial charge on any atom is -0.399 e. The molecule has 2 rings (SSSR count). The topological polar surface area (TPSA) is 72.2 Å². The summed E-state index contributed by atoms with van der Waals surface area (Å²) in [6.45, 7) is 0. The van der Waals surface area contributed by atoms with Gasteiger partial charge in [0.05, 0.1) is 10.8 Å². The van der Waals surface area contributed by atoms with Crippen LogP contribution in [0.4, 0.5) is 15.8 Å². The normalized spacial score (nSPS) is 11.8. The number of anilines is 2. The third kappa shape index (κ3) is 3.89. The lowest BCUT2D eigenvalue weighted by atomic mass is 10.3. The summed E-state index contributed by atoms with van der Waals surface area (Å²) >= 11 is 0. The summed E-state index contributed by atoms with van der Waals surface area (Å²) in [4.78, 5) is 12.0. The van der Waals surface area contributed by atoms with E-state index in [1.165, 1.54) is 18.2 Å². The van der Waals surface area contributed by atoms with E-state index in [0.717, 1.165) is 6.07 Å². The third-order valence-electron chi connectivity index (χ3n) is 2.52. The fourth-order valence-electron chi connectivity index (χ4n) is 1.57. The van der Waals surface area contributed by atoms with Crippen molar-refractivity contribution in [2.75, 3.05) is 16.8 Å². The van der Waals surface area contributed by atoms with Crippen LogP contribution in [0.5, 0.6) is 0 Å². The van der Waals surface area contributed by atoms with Crippen molar-refractivity contribution in [1.29, 1.82) is 0 Å². The number of nitrogens with two attached hydrogens (primary N) is 1. The van der Waals surface area contributed by atoms with Crippen molar-refractivity contribution in [1.82, 2.24) is 0 Å². The standard InChI is InChI=1S/C14H13FN2O2S/c15-10-2-1-3-13(8-10)20(19)9-14(18)17-12-6-4-11(16)5-7-12/h1-8H,9,16H2,(H,17,18). The molecule has 3 N–H and O–H groups in total. The molecule has 0 aliphatic carbocycles. The molecule has 0 spiro atoms. The van der Waals surface area contributed by atoms with Gasteiger partial charge >= 0.3 is 0 Å². The predicted molar refractivity (Wildman–Crippen MR) is 77.2 cm³/mol. The highest BCUT2D eigenvalue weighted by Crippen LogP contribution is 2.12. The lowest BCUT2D eigenvalue weighted by Crippen LogP contribution is -2.19. The Labute approximate surface area is 118 Å². The Hall–Kier alpha value is -2.21. The molecule has 0 bridgehead atoms. The number of nitrogen functional groups attached to an aromatic ring is 1. The van der Waals surface area contributed by atoms with Gasteiger partial charge in [-0.05, 0) is 42.5 Å². The largest absolute Gasteiger partial charge is 0.399 e. The molecule has 1 amide bonds. The number of hydrogen-bond donors (Lipinski definition) is 2. The molecule has 20 heavy (non-hydrogen) atoms. The van der Waals surface area contributed by atoms with Crippen molar-refractivity contribution in [3.05, 3.63) is 54.3 Å². The molecule has 2 aromatic carbocycles. The van der Waals surface area contributed by atoms with Gasteiger partial charge in [-0.2, -0.15) is 0 Å². The highest BCUT2D eigenvalue weighted by Gasteiger charge is 2.11. The average Bonchev–Trinajstić information content (AvgIpc) is 2.41. The van der Waals surface area contributed by atoms with Crippen LogP contribution in [0.3, 0.4) is 0 Å². The van der Waals surface area contributed by atoms with Crippen LogP contribution in [0.15, 0.2) is 53.4 Å². The molecule has 0 heterocycles. The molecule has 2 aromatic rings. The highest BCUT2D eigenvalue weighted by atomic mass is 32.2. The van der Waals surface area contributed by atoms with Gasteiger partial charge in [0.25, 0.3) is 0 Å². The number of rotatable bonds is 4. The Morgan fingerprint density at radius 2 is 1.90 bits per heavy atom. The minimum atomic E-state index is -1.58. The van der Waals surface area contributed by atoms with E-state index >= 15 is 0 Å². The second-order valence-electron chi connectivity index (χ2n) is 4.12. The maximum absolute atomic E-state index is 13.0.